The Morgan fingerprint density at radius 2 is 2.05 bits per heavy atom. The largest absolute Gasteiger partial charge is 0.332 e. The van der Waals surface area contributed by atoms with Gasteiger partial charge in [-0.3, -0.25) is 9.78 Å². The first-order valence-electron chi connectivity index (χ1n) is 6.11. The Bertz CT molecular complexity index is 588. The lowest BCUT2D eigenvalue weighted by molar-refractivity contribution is 0.0788. The molecule has 1 amide bonds. The molecule has 96 valence electrons. The van der Waals surface area contributed by atoms with E-state index >= 15 is 0 Å². The van der Waals surface area contributed by atoms with Gasteiger partial charge in [0, 0.05) is 24.7 Å². The first-order valence-corrected chi connectivity index (χ1v) is 7.10. The predicted octanol–water partition coefficient (Wildman–Crippen LogP) is 2.22. The summed E-state index contributed by atoms with van der Waals surface area (Å²) in [6, 6.07) is 9.50. The van der Waals surface area contributed by atoms with Crippen molar-refractivity contribution in [3.05, 3.63) is 54.0 Å². The van der Waals surface area contributed by atoms with Crippen LogP contribution < -0.4 is 0 Å². The van der Waals surface area contributed by atoms with Crippen molar-refractivity contribution in [2.24, 2.45) is 0 Å². The summed E-state index contributed by atoms with van der Waals surface area (Å²) in [5, 5.41) is 0.991. The van der Waals surface area contributed by atoms with E-state index in [1.807, 2.05) is 35.2 Å². The second-order valence-corrected chi connectivity index (χ2v) is 5.36. The Balaban J connectivity index is 1.57. The van der Waals surface area contributed by atoms with E-state index in [9.17, 15) is 4.79 Å². The molecule has 4 nitrogen and oxygen atoms in total. The van der Waals surface area contributed by atoms with Gasteiger partial charge in [0.25, 0.3) is 5.91 Å². The van der Waals surface area contributed by atoms with Crippen LogP contribution in [0.2, 0.25) is 0 Å². The van der Waals surface area contributed by atoms with Crippen LogP contribution in [0.15, 0.2) is 47.8 Å². The lowest BCUT2D eigenvalue weighted by Gasteiger charge is -2.14. The highest BCUT2D eigenvalue weighted by molar-refractivity contribution is 7.99. The van der Waals surface area contributed by atoms with Crippen molar-refractivity contribution in [1.29, 1.82) is 0 Å². The fourth-order valence-electron chi connectivity index (χ4n) is 2.06. The quantitative estimate of drug-likeness (QED) is 0.800. The van der Waals surface area contributed by atoms with Gasteiger partial charge in [-0.2, -0.15) is 0 Å². The lowest BCUT2D eigenvalue weighted by atomic mass is 10.2. The molecule has 19 heavy (non-hydrogen) atoms. The van der Waals surface area contributed by atoms with Crippen LogP contribution in [0.1, 0.15) is 16.1 Å². The van der Waals surface area contributed by atoms with E-state index < -0.39 is 0 Å². The highest BCUT2D eigenvalue weighted by Gasteiger charge is 2.27. The van der Waals surface area contributed by atoms with Gasteiger partial charge in [-0.25, -0.2) is 4.98 Å². The molecule has 0 saturated heterocycles. The van der Waals surface area contributed by atoms with Gasteiger partial charge in [0.05, 0.1) is 22.8 Å². The minimum absolute atomic E-state index is 0.0877. The molecular formula is C14H13N3OS. The molecule has 3 heterocycles. The van der Waals surface area contributed by atoms with Crippen LogP contribution in [-0.2, 0) is 6.54 Å². The second kappa shape index (κ2) is 5.40. The number of carbonyl (C=O) groups excluding carboxylic acids is 1. The number of hydrogen-bond donors (Lipinski definition) is 0. The van der Waals surface area contributed by atoms with Gasteiger partial charge in [-0.15, -0.1) is 11.8 Å². The van der Waals surface area contributed by atoms with Gasteiger partial charge in [0.15, 0.2) is 0 Å². The Morgan fingerprint density at radius 1 is 1.16 bits per heavy atom. The number of amides is 1. The number of hydrogen-bond acceptors (Lipinski definition) is 4. The van der Waals surface area contributed by atoms with Crippen molar-refractivity contribution in [3.8, 4) is 0 Å². The van der Waals surface area contributed by atoms with Crippen LogP contribution in [-0.4, -0.2) is 33.1 Å². The highest BCUT2D eigenvalue weighted by atomic mass is 32.2. The number of carbonyl (C=O) groups is 1. The summed E-state index contributed by atoms with van der Waals surface area (Å²) in [6.07, 6.45) is 3.52. The normalized spacial score (nSPS) is 13.7. The summed E-state index contributed by atoms with van der Waals surface area (Å²) in [5.74, 6) is 0.932. The average molecular weight is 271 g/mol. The fraction of sp³-hybridized carbons (Fsp3) is 0.214. The molecule has 0 unspecified atom stereocenters. The van der Waals surface area contributed by atoms with Crippen molar-refractivity contribution in [1.82, 2.24) is 14.9 Å². The molecule has 0 fully saturated rings. The molecule has 0 atom stereocenters. The van der Waals surface area contributed by atoms with Crippen LogP contribution in [0.5, 0.6) is 0 Å². The van der Waals surface area contributed by atoms with Crippen LogP contribution in [0, 0.1) is 0 Å². The third-order valence-corrected chi connectivity index (χ3v) is 3.92. The minimum Gasteiger partial charge on any atom is -0.332 e. The number of fused-ring (bicyclic) bond motifs is 1. The van der Waals surface area contributed by atoms with E-state index in [2.05, 4.69) is 9.97 Å². The molecule has 2 aromatic heterocycles. The fourth-order valence-corrected chi connectivity index (χ4v) is 2.89. The molecule has 0 bridgehead atoms. The van der Waals surface area contributed by atoms with Gasteiger partial charge in [-0.1, -0.05) is 6.07 Å². The summed E-state index contributed by atoms with van der Waals surface area (Å²) >= 11 is 1.66. The minimum atomic E-state index is 0.0877. The van der Waals surface area contributed by atoms with E-state index in [0.717, 1.165) is 28.6 Å². The average Bonchev–Trinajstić information content (AvgIpc) is 2.78. The molecule has 0 radical (unpaired) electrons. The Labute approximate surface area is 115 Å². The zero-order valence-corrected chi connectivity index (χ0v) is 11.1. The number of pyridine rings is 2. The maximum atomic E-state index is 12.1. The SMILES string of the molecule is O=C1c2cccnc2CN1CCSc1ccccn1. The number of nitrogens with zero attached hydrogens (tertiary/aromatic N) is 3. The number of rotatable bonds is 4. The highest BCUT2D eigenvalue weighted by Crippen LogP contribution is 2.21. The maximum Gasteiger partial charge on any atom is 0.256 e. The molecule has 1 aliphatic heterocycles. The molecule has 0 aromatic carbocycles. The Hall–Kier alpha value is -1.88. The molecule has 0 N–H and O–H groups in total. The third-order valence-electron chi connectivity index (χ3n) is 3.00. The molecular weight excluding hydrogens is 258 g/mol. The summed E-state index contributed by atoms with van der Waals surface area (Å²) in [5.41, 5.74) is 1.63. The lowest BCUT2D eigenvalue weighted by Crippen LogP contribution is -2.26. The summed E-state index contributed by atoms with van der Waals surface area (Å²) in [6.45, 7) is 1.34. The van der Waals surface area contributed by atoms with E-state index in [1.165, 1.54) is 0 Å². The van der Waals surface area contributed by atoms with E-state index in [4.69, 9.17) is 0 Å². The standard InChI is InChI=1S/C14H13N3OS/c18-14-11-4-3-7-15-12(11)10-17(14)8-9-19-13-5-1-2-6-16-13/h1-7H,8-10H2. The van der Waals surface area contributed by atoms with Gasteiger partial charge in [0.1, 0.15) is 0 Å². The van der Waals surface area contributed by atoms with Crippen molar-refractivity contribution >= 4 is 17.7 Å². The van der Waals surface area contributed by atoms with Crippen molar-refractivity contribution in [2.75, 3.05) is 12.3 Å². The zero-order valence-electron chi connectivity index (χ0n) is 10.3. The molecule has 5 heteroatoms. The number of aromatic nitrogens is 2. The molecule has 0 spiro atoms. The van der Waals surface area contributed by atoms with Gasteiger partial charge in [0.2, 0.25) is 0 Å². The van der Waals surface area contributed by atoms with Crippen LogP contribution in [0.4, 0.5) is 0 Å². The maximum absolute atomic E-state index is 12.1. The molecule has 0 saturated carbocycles. The van der Waals surface area contributed by atoms with E-state index in [0.29, 0.717) is 6.54 Å². The van der Waals surface area contributed by atoms with Crippen LogP contribution in [0.3, 0.4) is 0 Å². The van der Waals surface area contributed by atoms with Crippen LogP contribution >= 0.6 is 11.8 Å². The predicted molar refractivity (Wildman–Crippen MR) is 73.9 cm³/mol. The molecule has 3 rings (SSSR count). The zero-order chi connectivity index (χ0) is 13.1. The van der Waals surface area contributed by atoms with Gasteiger partial charge >= 0.3 is 0 Å². The van der Waals surface area contributed by atoms with Gasteiger partial charge in [-0.05, 0) is 24.3 Å². The third kappa shape index (κ3) is 2.61. The Morgan fingerprint density at radius 3 is 2.84 bits per heavy atom. The van der Waals surface area contributed by atoms with Crippen molar-refractivity contribution in [2.45, 2.75) is 11.6 Å². The monoisotopic (exact) mass is 271 g/mol. The Kier molecular flexibility index (Phi) is 3.46. The number of thioether (sulfide) groups is 1. The van der Waals surface area contributed by atoms with Crippen molar-refractivity contribution in [3.63, 3.8) is 0 Å². The summed E-state index contributed by atoms with van der Waals surface area (Å²) < 4.78 is 0. The molecule has 1 aliphatic rings. The first-order chi connectivity index (χ1) is 9.34. The topological polar surface area (TPSA) is 46.1 Å². The first kappa shape index (κ1) is 12.2. The van der Waals surface area contributed by atoms with E-state index in [1.54, 1.807) is 24.2 Å². The summed E-state index contributed by atoms with van der Waals surface area (Å²) in [4.78, 5) is 22.4. The van der Waals surface area contributed by atoms with Gasteiger partial charge < -0.3 is 4.90 Å². The molecule has 2 aromatic rings. The van der Waals surface area contributed by atoms with Crippen molar-refractivity contribution < 1.29 is 4.79 Å². The van der Waals surface area contributed by atoms with E-state index in [-0.39, 0.29) is 5.91 Å². The smallest absolute Gasteiger partial charge is 0.256 e. The molecule has 0 aliphatic carbocycles. The summed E-state index contributed by atoms with van der Waals surface area (Å²) in [7, 11) is 0. The van der Waals surface area contributed by atoms with Crippen LogP contribution in [0.25, 0.3) is 0 Å². The second-order valence-electron chi connectivity index (χ2n) is 4.24.